The van der Waals surface area contributed by atoms with Crippen LogP contribution in [0.4, 0.5) is 0 Å². The second-order valence-electron chi connectivity index (χ2n) is 3.47. The second kappa shape index (κ2) is 5.09. The van der Waals surface area contributed by atoms with Crippen LogP contribution in [0.3, 0.4) is 0 Å². The minimum absolute atomic E-state index is 0.0255. The van der Waals surface area contributed by atoms with Crippen molar-refractivity contribution in [2.45, 2.75) is 23.4 Å². The van der Waals surface area contributed by atoms with E-state index in [0.717, 1.165) is 10.7 Å². The fraction of sp³-hybridized carbons (Fsp3) is 0.300. The average Bonchev–Trinajstić information content (AvgIpc) is 2.79. The van der Waals surface area contributed by atoms with Crippen LogP contribution in [0.25, 0.3) is 0 Å². The van der Waals surface area contributed by atoms with Gasteiger partial charge in [-0.1, -0.05) is 11.8 Å². The first kappa shape index (κ1) is 11.1. The molecule has 0 fully saturated rings. The lowest BCUT2D eigenvalue weighted by molar-refractivity contribution is 0.717. The zero-order chi connectivity index (χ0) is 11.4. The maximum Gasteiger partial charge on any atom is 0.184 e. The molecule has 84 valence electrons. The molecule has 0 aromatic carbocycles. The molecule has 3 N–H and O–H groups in total. The standard InChI is InChI=1S/C10H13N5S/c1-7(11)9(8-2-4-12-5-3-8)16-10-13-6-14-15-10/h2-7,9H,11H2,1H3,(H,13,14,15). The molecule has 0 spiro atoms. The number of aromatic amines is 1. The Morgan fingerprint density at radius 1 is 1.38 bits per heavy atom. The van der Waals surface area contributed by atoms with Gasteiger partial charge in [0, 0.05) is 18.4 Å². The Hall–Kier alpha value is -1.40. The van der Waals surface area contributed by atoms with Crippen molar-refractivity contribution in [3.8, 4) is 0 Å². The third-order valence-electron chi connectivity index (χ3n) is 2.14. The number of pyridine rings is 1. The summed E-state index contributed by atoms with van der Waals surface area (Å²) < 4.78 is 0. The number of hydrogen-bond acceptors (Lipinski definition) is 5. The molecule has 2 aromatic rings. The minimum atomic E-state index is 0.0255. The molecule has 0 saturated heterocycles. The highest BCUT2D eigenvalue weighted by molar-refractivity contribution is 7.99. The molecule has 6 heteroatoms. The molecule has 2 unspecified atom stereocenters. The number of nitrogens with two attached hydrogens (primary N) is 1. The van der Waals surface area contributed by atoms with E-state index in [2.05, 4.69) is 20.2 Å². The Kier molecular flexibility index (Phi) is 3.53. The Bertz CT molecular complexity index is 414. The predicted molar refractivity (Wildman–Crippen MR) is 62.9 cm³/mol. The number of H-pyrrole nitrogens is 1. The lowest BCUT2D eigenvalue weighted by Crippen LogP contribution is -2.22. The summed E-state index contributed by atoms with van der Waals surface area (Å²) in [5, 5.41) is 7.57. The SMILES string of the molecule is CC(N)C(Sc1ncn[nH]1)c1ccncc1. The molecule has 2 rings (SSSR count). The average molecular weight is 235 g/mol. The summed E-state index contributed by atoms with van der Waals surface area (Å²) in [6.45, 7) is 1.98. The second-order valence-corrected chi connectivity index (χ2v) is 4.60. The Morgan fingerprint density at radius 3 is 2.69 bits per heavy atom. The molecule has 0 radical (unpaired) electrons. The van der Waals surface area contributed by atoms with Crippen LogP contribution in [0.5, 0.6) is 0 Å². The van der Waals surface area contributed by atoms with Gasteiger partial charge in [-0.05, 0) is 24.6 Å². The van der Waals surface area contributed by atoms with Crippen LogP contribution < -0.4 is 5.73 Å². The minimum Gasteiger partial charge on any atom is -0.327 e. The lowest BCUT2D eigenvalue weighted by Gasteiger charge is -2.18. The first-order valence-corrected chi connectivity index (χ1v) is 5.83. The topological polar surface area (TPSA) is 80.5 Å². The number of aromatic nitrogens is 4. The van der Waals surface area contributed by atoms with Crippen molar-refractivity contribution < 1.29 is 0 Å². The van der Waals surface area contributed by atoms with Crippen molar-refractivity contribution in [1.82, 2.24) is 20.2 Å². The van der Waals surface area contributed by atoms with Gasteiger partial charge in [0.2, 0.25) is 0 Å². The van der Waals surface area contributed by atoms with Gasteiger partial charge in [-0.3, -0.25) is 10.1 Å². The van der Waals surface area contributed by atoms with Gasteiger partial charge < -0.3 is 5.73 Å². The van der Waals surface area contributed by atoms with Crippen molar-refractivity contribution in [3.63, 3.8) is 0 Å². The molecule has 0 amide bonds. The van der Waals surface area contributed by atoms with Crippen molar-refractivity contribution >= 4 is 11.8 Å². The van der Waals surface area contributed by atoms with E-state index < -0.39 is 0 Å². The number of hydrogen-bond donors (Lipinski definition) is 2. The highest BCUT2D eigenvalue weighted by atomic mass is 32.2. The van der Waals surface area contributed by atoms with Gasteiger partial charge in [0.15, 0.2) is 5.16 Å². The van der Waals surface area contributed by atoms with E-state index in [1.54, 1.807) is 24.2 Å². The highest BCUT2D eigenvalue weighted by Gasteiger charge is 2.18. The molecule has 0 aliphatic carbocycles. The van der Waals surface area contributed by atoms with E-state index >= 15 is 0 Å². The fourth-order valence-electron chi connectivity index (χ4n) is 1.40. The van der Waals surface area contributed by atoms with Gasteiger partial charge in [0.25, 0.3) is 0 Å². The molecule has 0 bridgehead atoms. The summed E-state index contributed by atoms with van der Waals surface area (Å²) in [4.78, 5) is 8.09. The zero-order valence-electron chi connectivity index (χ0n) is 8.87. The summed E-state index contributed by atoms with van der Waals surface area (Å²) in [6.07, 6.45) is 5.03. The maximum atomic E-state index is 5.98. The first-order chi connectivity index (χ1) is 7.77. The van der Waals surface area contributed by atoms with E-state index in [1.165, 1.54) is 6.33 Å². The third kappa shape index (κ3) is 2.59. The van der Waals surface area contributed by atoms with Gasteiger partial charge in [0.05, 0.1) is 5.25 Å². The Balaban J connectivity index is 2.18. The summed E-state index contributed by atoms with van der Waals surface area (Å²) in [7, 11) is 0. The van der Waals surface area contributed by atoms with Gasteiger partial charge in [-0.25, -0.2) is 4.98 Å². The summed E-state index contributed by atoms with van der Waals surface area (Å²) in [5.74, 6) is 0. The van der Waals surface area contributed by atoms with Gasteiger partial charge >= 0.3 is 0 Å². The van der Waals surface area contributed by atoms with Crippen molar-refractivity contribution in [2.24, 2.45) is 5.73 Å². The van der Waals surface area contributed by atoms with Crippen LogP contribution >= 0.6 is 11.8 Å². The number of rotatable bonds is 4. The van der Waals surface area contributed by atoms with Crippen LogP contribution in [0.2, 0.25) is 0 Å². The largest absolute Gasteiger partial charge is 0.327 e. The zero-order valence-corrected chi connectivity index (χ0v) is 9.69. The van der Waals surface area contributed by atoms with E-state index in [1.807, 2.05) is 19.1 Å². The first-order valence-electron chi connectivity index (χ1n) is 4.95. The molecule has 2 aromatic heterocycles. The number of nitrogens with one attached hydrogen (secondary N) is 1. The fourth-order valence-corrected chi connectivity index (χ4v) is 2.37. The van der Waals surface area contributed by atoms with E-state index in [4.69, 9.17) is 5.73 Å². The lowest BCUT2D eigenvalue weighted by atomic mass is 10.1. The molecule has 16 heavy (non-hydrogen) atoms. The summed E-state index contributed by atoms with van der Waals surface area (Å²) in [5.41, 5.74) is 7.13. The molecular weight excluding hydrogens is 222 g/mol. The molecule has 5 nitrogen and oxygen atoms in total. The van der Waals surface area contributed by atoms with Gasteiger partial charge in [0.1, 0.15) is 6.33 Å². The molecular formula is C10H13N5S. The Labute approximate surface area is 97.9 Å². The summed E-state index contributed by atoms with van der Waals surface area (Å²) in [6, 6.07) is 3.96. The van der Waals surface area contributed by atoms with Crippen LogP contribution in [-0.2, 0) is 0 Å². The van der Waals surface area contributed by atoms with E-state index in [9.17, 15) is 0 Å². The molecule has 2 atom stereocenters. The summed E-state index contributed by atoms with van der Waals surface area (Å²) >= 11 is 1.57. The molecule has 0 aliphatic rings. The molecule has 0 saturated carbocycles. The van der Waals surface area contributed by atoms with Crippen LogP contribution in [0.15, 0.2) is 36.0 Å². The van der Waals surface area contributed by atoms with Crippen LogP contribution in [-0.4, -0.2) is 26.2 Å². The Morgan fingerprint density at radius 2 is 2.12 bits per heavy atom. The van der Waals surface area contributed by atoms with Crippen molar-refractivity contribution in [2.75, 3.05) is 0 Å². The maximum absolute atomic E-state index is 5.98. The smallest absolute Gasteiger partial charge is 0.184 e. The number of thioether (sulfide) groups is 1. The van der Waals surface area contributed by atoms with Crippen LogP contribution in [0, 0.1) is 0 Å². The number of nitrogens with zero attached hydrogens (tertiary/aromatic N) is 3. The van der Waals surface area contributed by atoms with Gasteiger partial charge in [-0.2, -0.15) is 5.10 Å². The van der Waals surface area contributed by atoms with E-state index in [-0.39, 0.29) is 11.3 Å². The quantitative estimate of drug-likeness (QED) is 0.782. The van der Waals surface area contributed by atoms with Crippen molar-refractivity contribution in [1.29, 1.82) is 0 Å². The third-order valence-corrected chi connectivity index (χ3v) is 3.52. The van der Waals surface area contributed by atoms with Crippen molar-refractivity contribution in [3.05, 3.63) is 36.4 Å². The normalized spacial score (nSPS) is 14.6. The molecule has 2 heterocycles. The van der Waals surface area contributed by atoms with Gasteiger partial charge in [-0.15, -0.1) is 0 Å². The van der Waals surface area contributed by atoms with E-state index in [0.29, 0.717) is 0 Å². The monoisotopic (exact) mass is 235 g/mol. The molecule has 0 aliphatic heterocycles. The van der Waals surface area contributed by atoms with Crippen LogP contribution in [0.1, 0.15) is 17.7 Å². The highest BCUT2D eigenvalue weighted by Crippen LogP contribution is 2.34. The predicted octanol–water partition coefficient (Wildman–Crippen LogP) is 1.38.